The van der Waals surface area contributed by atoms with Gasteiger partial charge in [-0.05, 0) is 24.5 Å². The lowest BCUT2D eigenvalue weighted by Crippen LogP contribution is -2.41. The van der Waals surface area contributed by atoms with E-state index in [0.29, 0.717) is 36.3 Å². The molecule has 1 rings (SSSR count). The molecule has 21 heavy (non-hydrogen) atoms. The predicted octanol–water partition coefficient (Wildman–Crippen LogP) is 3.02. The summed E-state index contributed by atoms with van der Waals surface area (Å²) >= 11 is 5.96. The summed E-state index contributed by atoms with van der Waals surface area (Å²) in [4.78, 5) is 11.8. The summed E-state index contributed by atoms with van der Waals surface area (Å²) in [7, 11) is 0. The van der Waals surface area contributed by atoms with Crippen LogP contribution in [0.2, 0.25) is 5.02 Å². The molecule has 0 heterocycles. The smallest absolute Gasteiger partial charge is 0.223 e. The van der Waals surface area contributed by atoms with Crippen LogP contribution < -0.4 is 15.8 Å². The molecule has 1 atom stereocenters. The number of carbonyl (C=O) groups is 1. The molecular weight excluding hydrogens is 311 g/mol. The molecule has 0 spiro atoms. The fourth-order valence-electron chi connectivity index (χ4n) is 1.90. The SMILES string of the molecule is CC(C)CC(CN)NC(=O)CCOc1ccccc1Cl.Cl. The number of amides is 1. The van der Waals surface area contributed by atoms with Gasteiger partial charge in [-0.15, -0.1) is 12.4 Å². The van der Waals surface area contributed by atoms with Crippen LogP contribution in [-0.4, -0.2) is 25.1 Å². The third-order valence-corrected chi connectivity index (χ3v) is 3.14. The van der Waals surface area contributed by atoms with Gasteiger partial charge in [-0.25, -0.2) is 0 Å². The van der Waals surface area contributed by atoms with Crippen molar-refractivity contribution >= 4 is 29.9 Å². The second kappa shape index (κ2) is 10.7. The van der Waals surface area contributed by atoms with E-state index in [-0.39, 0.29) is 24.4 Å². The molecule has 3 N–H and O–H groups in total. The Morgan fingerprint density at radius 2 is 2.05 bits per heavy atom. The Morgan fingerprint density at radius 1 is 1.38 bits per heavy atom. The minimum atomic E-state index is -0.0480. The van der Waals surface area contributed by atoms with Crippen molar-refractivity contribution in [1.82, 2.24) is 5.32 Å². The molecule has 0 bridgehead atoms. The van der Waals surface area contributed by atoms with Gasteiger partial charge in [0.2, 0.25) is 5.91 Å². The minimum absolute atomic E-state index is 0. The molecule has 0 aliphatic rings. The van der Waals surface area contributed by atoms with E-state index in [1.54, 1.807) is 12.1 Å². The van der Waals surface area contributed by atoms with Crippen LogP contribution in [-0.2, 0) is 4.79 Å². The molecule has 6 heteroatoms. The van der Waals surface area contributed by atoms with E-state index in [1.165, 1.54) is 0 Å². The maximum atomic E-state index is 11.8. The Morgan fingerprint density at radius 3 is 2.62 bits per heavy atom. The zero-order valence-corrected chi connectivity index (χ0v) is 14.0. The van der Waals surface area contributed by atoms with Gasteiger partial charge in [0.1, 0.15) is 5.75 Å². The first-order valence-corrected chi connectivity index (χ1v) is 7.27. The number of nitrogens with two attached hydrogens (primary N) is 1. The van der Waals surface area contributed by atoms with Gasteiger partial charge in [0.25, 0.3) is 0 Å². The van der Waals surface area contributed by atoms with E-state index in [0.717, 1.165) is 6.42 Å². The number of rotatable bonds is 8. The van der Waals surface area contributed by atoms with E-state index < -0.39 is 0 Å². The van der Waals surface area contributed by atoms with Crippen LogP contribution in [0.3, 0.4) is 0 Å². The fourth-order valence-corrected chi connectivity index (χ4v) is 2.09. The first-order valence-electron chi connectivity index (χ1n) is 6.89. The highest BCUT2D eigenvalue weighted by atomic mass is 35.5. The highest BCUT2D eigenvalue weighted by Crippen LogP contribution is 2.23. The van der Waals surface area contributed by atoms with Crippen molar-refractivity contribution in [3.05, 3.63) is 29.3 Å². The summed E-state index contributed by atoms with van der Waals surface area (Å²) in [5.74, 6) is 1.05. The van der Waals surface area contributed by atoms with Crippen LogP contribution in [0, 0.1) is 5.92 Å². The lowest BCUT2D eigenvalue weighted by Gasteiger charge is -2.18. The molecular formula is C15H24Cl2N2O2. The van der Waals surface area contributed by atoms with Gasteiger partial charge in [-0.1, -0.05) is 37.6 Å². The van der Waals surface area contributed by atoms with Crippen molar-refractivity contribution in [1.29, 1.82) is 0 Å². The normalized spacial score (nSPS) is 11.7. The predicted molar refractivity (Wildman–Crippen MR) is 89.3 cm³/mol. The molecule has 1 amide bonds. The van der Waals surface area contributed by atoms with Crippen molar-refractivity contribution in [3.8, 4) is 5.75 Å². The summed E-state index contributed by atoms with van der Waals surface area (Å²) in [5, 5.41) is 3.47. The second-order valence-corrected chi connectivity index (χ2v) is 5.57. The Hall–Kier alpha value is -0.970. The van der Waals surface area contributed by atoms with Crippen molar-refractivity contribution in [3.63, 3.8) is 0 Å². The first-order chi connectivity index (χ1) is 9.52. The molecule has 0 aliphatic carbocycles. The summed E-state index contributed by atoms with van der Waals surface area (Å²) in [6.07, 6.45) is 1.17. The van der Waals surface area contributed by atoms with Crippen LogP contribution in [0.15, 0.2) is 24.3 Å². The van der Waals surface area contributed by atoms with Crippen molar-refractivity contribution in [2.75, 3.05) is 13.2 Å². The van der Waals surface area contributed by atoms with Gasteiger partial charge in [0.15, 0.2) is 0 Å². The Balaban J connectivity index is 0.00000400. The average molecular weight is 335 g/mol. The number of benzene rings is 1. The van der Waals surface area contributed by atoms with Gasteiger partial charge in [0, 0.05) is 12.6 Å². The Kier molecular flexibility index (Phi) is 10.2. The Labute approximate surface area is 137 Å². The fraction of sp³-hybridized carbons (Fsp3) is 0.533. The molecule has 0 radical (unpaired) electrons. The largest absolute Gasteiger partial charge is 0.491 e. The van der Waals surface area contributed by atoms with Gasteiger partial charge in [-0.2, -0.15) is 0 Å². The maximum absolute atomic E-state index is 11.8. The standard InChI is InChI=1S/C15H23ClN2O2.ClH/c1-11(2)9-12(10-17)18-15(19)7-8-20-14-6-4-3-5-13(14)16;/h3-6,11-12H,7-10,17H2,1-2H3,(H,18,19);1H. The Bertz CT molecular complexity index is 428. The van der Waals surface area contributed by atoms with Crippen LogP contribution in [0.25, 0.3) is 0 Å². The van der Waals surface area contributed by atoms with Gasteiger partial charge < -0.3 is 15.8 Å². The molecule has 0 saturated carbocycles. The van der Waals surface area contributed by atoms with Crippen LogP contribution in [0.5, 0.6) is 5.75 Å². The molecule has 0 aliphatic heterocycles. The van der Waals surface area contributed by atoms with E-state index in [4.69, 9.17) is 22.1 Å². The topological polar surface area (TPSA) is 64.3 Å². The molecule has 120 valence electrons. The summed E-state index contributed by atoms with van der Waals surface area (Å²) in [6.45, 7) is 4.97. The average Bonchev–Trinajstić information content (AvgIpc) is 2.39. The number of carbonyl (C=O) groups excluding carboxylic acids is 1. The van der Waals surface area contributed by atoms with Crippen molar-refractivity contribution in [2.24, 2.45) is 11.7 Å². The summed E-state index contributed by atoms with van der Waals surface area (Å²) in [5.41, 5.74) is 5.65. The number of halogens is 2. The number of hydrogen-bond acceptors (Lipinski definition) is 3. The van der Waals surface area contributed by atoms with Crippen LogP contribution in [0.1, 0.15) is 26.7 Å². The summed E-state index contributed by atoms with van der Waals surface area (Å²) in [6, 6.07) is 7.24. The second-order valence-electron chi connectivity index (χ2n) is 5.16. The first kappa shape index (κ1) is 20.0. The van der Waals surface area contributed by atoms with Crippen molar-refractivity contribution < 1.29 is 9.53 Å². The summed E-state index contributed by atoms with van der Waals surface area (Å²) < 4.78 is 5.48. The quantitative estimate of drug-likeness (QED) is 0.767. The monoisotopic (exact) mass is 334 g/mol. The molecule has 1 unspecified atom stereocenters. The molecule has 1 aromatic rings. The minimum Gasteiger partial charge on any atom is -0.491 e. The lowest BCUT2D eigenvalue weighted by molar-refractivity contribution is -0.122. The van der Waals surface area contributed by atoms with E-state index in [9.17, 15) is 4.79 Å². The molecule has 0 fully saturated rings. The zero-order chi connectivity index (χ0) is 15.0. The lowest BCUT2D eigenvalue weighted by atomic mass is 10.0. The van der Waals surface area contributed by atoms with E-state index in [2.05, 4.69) is 19.2 Å². The number of para-hydroxylation sites is 1. The zero-order valence-electron chi connectivity index (χ0n) is 12.5. The molecule has 1 aromatic carbocycles. The third-order valence-electron chi connectivity index (χ3n) is 2.83. The number of hydrogen-bond donors (Lipinski definition) is 2. The van der Waals surface area contributed by atoms with E-state index in [1.807, 2.05) is 12.1 Å². The van der Waals surface area contributed by atoms with Gasteiger partial charge in [0.05, 0.1) is 18.1 Å². The number of ether oxygens (including phenoxy) is 1. The van der Waals surface area contributed by atoms with Gasteiger partial charge in [-0.3, -0.25) is 4.79 Å². The molecule has 0 aromatic heterocycles. The van der Waals surface area contributed by atoms with E-state index >= 15 is 0 Å². The van der Waals surface area contributed by atoms with Crippen LogP contribution in [0.4, 0.5) is 0 Å². The number of nitrogens with one attached hydrogen (secondary N) is 1. The third kappa shape index (κ3) is 8.15. The van der Waals surface area contributed by atoms with Crippen molar-refractivity contribution in [2.45, 2.75) is 32.7 Å². The molecule has 0 saturated heterocycles. The molecule has 4 nitrogen and oxygen atoms in total. The van der Waals surface area contributed by atoms with Crippen LogP contribution >= 0.6 is 24.0 Å². The van der Waals surface area contributed by atoms with Gasteiger partial charge >= 0.3 is 0 Å². The highest BCUT2D eigenvalue weighted by molar-refractivity contribution is 6.32. The highest BCUT2D eigenvalue weighted by Gasteiger charge is 2.12. The maximum Gasteiger partial charge on any atom is 0.223 e.